The molecule has 2 aromatic carbocycles. The van der Waals surface area contributed by atoms with Gasteiger partial charge in [-0.15, -0.1) is 0 Å². The number of likely N-dealkylation sites (N-methyl/N-ethyl adjacent to an activating group) is 1. The lowest BCUT2D eigenvalue weighted by atomic mass is 10.1. The Hall–Kier alpha value is -3.64. The summed E-state index contributed by atoms with van der Waals surface area (Å²) in [5, 5.41) is 3.00. The molecule has 6 nitrogen and oxygen atoms in total. The summed E-state index contributed by atoms with van der Waals surface area (Å²) in [4.78, 5) is 25.7. The van der Waals surface area contributed by atoms with E-state index in [4.69, 9.17) is 4.74 Å². The van der Waals surface area contributed by atoms with E-state index < -0.39 is 0 Å². The molecular formula is C30H37N3O3. The first-order valence-electron chi connectivity index (χ1n) is 12.5. The summed E-state index contributed by atoms with van der Waals surface area (Å²) in [5.74, 6) is 0.974. The van der Waals surface area contributed by atoms with Gasteiger partial charge in [-0.1, -0.05) is 36.4 Å². The molecule has 1 aromatic heterocycles. The Balaban J connectivity index is 1.28. The largest absolute Gasteiger partial charge is 0.496 e. The van der Waals surface area contributed by atoms with Crippen LogP contribution >= 0.6 is 0 Å². The fraction of sp³-hybridized carbons (Fsp3) is 0.333. The Morgan fingerprint density at radius 1 is 1.03 bits per heavy atom. The van der Waals surface area contributed by atoms with E-state index >= 15 is 0 Å². The minimum absolute atomic E-state index is 0.00719. The Labute approximate surface area is 214 Å². The Morgan fingerprint density at radius 2 is 1.78 bits per heavy atom. The fourth-order valence-corrected chi connectivity index (χ4v) is 3.98. The maximum absolute atomic E-state index is 12.1. The molecule has 0 atom stereocenters. The molecule has 0 aliphatic rings. The van der Waals surface area contributed by atoms with E-state index in [-0.39, 0.29) is 11.3 Å². The van der Waals surface area contributed by atoms with Crippen molar-refractivity contribution >= 4 is 12.0 Å². The van der Waals surface area contributed by atoms with Crippen LogP contribution in [0.25, 0.3) is 11.8 Å². The molecule has 0 bridgehead atoms. The Bertz CT molecular complexity index is 1180. The van der Waals surface area contributed by atoms with Gasteiger partial charge in [-0.05, 0) is 74.7 Å². The predicted octanol–water partition coefficient (Wildman–Crippen LogP) is 4.63. The van der Waals surface area contributed by atoms with Crippen LogP contribution in [0.3, 0.4) is 0 Å². The molecule has 0 saturated heterocycles. The van der Waals surface area contributed by atoms with Crippen molar-refractivity contribution in [2.45, 2.75) is 32.6 Å². The number of unbranched alkanes of at least 4 members (excludes halogenated alkanes) is 1. The third kappa shape index (κ3) is 8.86. The first kappa shape index (κ1) is 27.0. The van der Waals surface area contributed by atoms with Gasteiger partial charge in [0.1, 0.15) is 5.75 Å². The normalized spacial score (nSPS) is 11.2. The maximum Gasteiger partial charge on any atom is 0.223 e. The molecule has 190 valence electrons. The van der Waals surface area contributed by atoms with Gasteiger partial charge in [-0.25, -0.2) is 0 Å². The summed E-state index contributed by atoms with van der Waals surface area (Å²) in [6, 6.07) is 17.4. The molecule has 0 aliphatic heterocycles. The second-order valence-corrected chi connectivity index (χ2v) is 9.05. The van der Waals surface area contributed by atoms with Gasteiger partial charge in [0, 0.05) is 49.7 Å². The summed E-state index contributed by atoms with van der Waals surface area (Å²) in [7, 11) is 3.85. The molecule has 0 radical (unpaired) electrons. The molecule has 6 heteroatoms. The number of benzene rings is 2. The first-order valence-corrected chi connectivity index (χ1v) is 12.5. The zero-order valence-electron chi connectivity index (χ0n) is 21.6. The predicted molar refractivity (Wildman–Crippen MR) is 147 cm³/mol. The van der Waals surface area contributed by atoms with Crippen LogP contribution < -0.4 is 15.5 Å². The number of carbonyl (C=O) groups excluding carboxylic acids is 1. The van der Waals surface area contributed by atoms with E-state index in [0.29, 0.717) is 13.0 Å². The SMILES string of the molecule is COc1ccc(CCN(C)CCCCNC(=O)CC=Cc2ccc(-n3ccc(=O)cc3)cc2)cc1C. The molecular weight excluding hydrogens is 450 g/mol. The van der Waals surface area contributed by atoms with Crippen molar-refractivity contribution in [3.63, 3.8) is 0 Å². The summed E-state index contributed by atoms with van der Waals surface area (Å²) in [6.07, 6.45) is 10.7. The zero-order chi connectivity index (χ0) is 25.8. The van der Waals surface area contributed by atoms with Gasteiger partial charge in [0.25, 0.3) is 0 Å². The van der Waals surface area contributed by atoms with Gasteiger partial charge in [0.05, 0.1) is 7.11 Å². The standard InChI is InChI=1S/C30H37N3O3/c1-24-23-26(11-14-29(24)36-3)15-20-32(2)19-5-4-18-31-30(35)8-6-7-25-9-12-27(13-10-25)33-21-16-28(34)17-22-33/h6-7,9-14,16-17,21-23H,4-5,8,15,18-20H2,1-3H3,(H,31,35). The molecule has 36 heavy (non-hydrogen) atoms. The average molecular weight is 488 g/mol. The van der Waals surface area contributed by atoms with Crippen molar-refractivity contribution in [1.29, 1.82) is 0 Å². The number of ether oxygens (including phenoxy) is 1. The zero-order valence-corrected chi connectivity index (χ0v) is 21.6. The number of pyridine rings is 1. The van der Waals surface area contributed by atoms with Crippen molar-refractivity contribution in [2.24, 2.45) is 0 Å². The highest BCUT2D eigenvalue weighted by atomic mass is 16.5. The van der Waals surface area contributed by atoms with Crippen molar-refractivity contribution in [3.8, 4) is 11.4 Å². The van der Waals surface area contributed by atoms with Crippen LogP contribution in [0.2, 0.25) is 0 Å². The highest BCUT2D eigenvalue weighted by Gasteiger charge is 2.04. The molecule has 0 aliphatic carbocycles. The third-order valence-corrected chi connectivity index (χ3v) is 6.13. The topological polar surface area (TPSA) is 63.6 Å². The van der Waals surface area contributed by atoms with Crippen LogP contribution in [0.15, 0.2) is 77.9 Å². The number of hydrogen-bond donors (Lipinski definition) is 1. The third-order valence-electron chi connectivity index (χ3n) is 6.13. The molecule has 0 spiro atoms. The highest BCUT2D eigenvalue weighted by molar-refractivity contribution is 5.78. The molecule has 3 rings (SSSR count). The molecule has 1 heterocycles. The molecule has 0 unspecified atom stereocenters. The average Bonchev–Trinajstić information content (AvgIpc) is 2.88. The number of amides is 1. The lowest BCUT2D eigenvalue weighted by molar-refractivity contribution is -0.120. The van der Waals surface area contributed by atoms with E-state index in [0.717, 1.165) is 49.4 Å². The van der Waals surface area contributed by atoms with Gasteiger partial charge in [0.2, 0.25) is 5.91 Å². The van der Waals surface area contributed by atoms with Gasteiger partial charge < -0.3 is 19.5 Å². The number of rotatable bonds is 13. The number of nitrogens with zero attached hydrogens (tertiary/aromatic N) is 2. The van der Waals surface area contributed by atoms with E-state index in [1.807, 2.05) is 47.1 Å². The quantitative estimate of drug-likeness (QED) is 0.357. The molecule has 1 amide bonds. The van der Waals surface area contributed by atoms with Crippen molar-refractivity contribution in [2.75, 3.05) is 33.8 Å². The van der Waals surface area contributed by atoms with Crippen LogP contribution in [0.5, 0.6) is 5.75 Å². The van der Waals surface area contributed by atoms with E-state index in [2.05, 4.69) is 36.3 Å². The van der Waals surface area contributed by atoms with Crippen molar-refractivity contribution in [1.82, 2.24) is 14.8 Å². The van der Waals surface area contributed by atoms with Gasteiger partial charge >= 0.3 is 0 Å². The van der Waals surface area contributed by atoms with Crippen molar-refractivity contribution in [3.05, 3.63) is 100.0 Å². The molecule has 1 N–H and O–H groups in total. The monoisotopic (exact) mass is 487 g/mol. The minimum atomic E-state index is -0.00719. The van der Waals surface area contributed by atoms with E-state index in [1.54, 1.807) is 19.5 Å². The Morgan fingerprint density at radius 3 is 2.47 bits per heavy atom. The number of methoxy groups -OCH3 is 1. The minimum Gasteiger partial charge on any atom is -0.496 e. The lowest BCUT2D eigenvalue weighted by Crippen LogP contribution is -2.26. The molecule has 3 aromatic rings. The van der Waals surface area contributed by atoms with Crippen LogP contribution in [-0.4, -0.2) is 49.2 Å². The van der Waals surface area contributed by atoms with Crippen LogP contribution in [0, 0.1) is 6.92 Å². The highest BCUT2D eigenvalue weighted by Crippen LogP contribution is 2.18. The second kappa shape index (κ2) is 14.0. The lowest BCUT2D eigenvalue weighted by Gasteiger charge is -2.17. The van der Waals surface area contributed by atoms with Crippen LogP contribution in [-0.2, 0) is 11.2 Å². The number of carbonyl (C=O) groups is 1. The summed E-state index contributed by atoms with van der Waals surface area (Å²) >= 11 is 0. The smallest absolute Gasteiger partial charge is 0.223 e. The molecule has 0 saturated carbocycles. The van der Waals surface area contributed by atoms with Gasteiger partial charge in [-0.2, -0.15) is 0 Å². The summed E-state index contributed by atoms with van der Waals surface area (Å²) < 4.78 is 7.22. The first-order chi connectivity index (χ1) is 17.4. The van der Waals surface area contributed by atoms with Gasteiger partial charge in [0.15, 0.2) is 5.43 Å². The number of nitrogens with one attached hydrogen (secondary N) is 1. The summed E-state index contributed by atoms with van der Waals surface area (Å²) in [5.41, 5.74) is 4.49. The van der Waals surface area contributed by atoms with Crippen LogP contribution in [0.1, 0.15) is 36.0 Å². The van der Waals surface area contributed by atoms with Crippen LogP contribution in [0.4, 0.5) is 0 Å². The number of aryl methyl sites for hydroxylation is 1. The van der Waals surface area contributed by atoms with Gasteiger partial charge in [-0.3, -0.25) is 9.59 Å². The fourth-order valence-electron chi connectivity index (χ4n) is 3.98. The Kier molecular flexibility index (Phi) is 10.5. The molecule has 0 fully saturated rings. The van der Waals surface area contributed by atoms with E-state index in [9.17, 15) is 9.59 Å². The summed E-state index contributed by atoms with van der Waals surface area (Å²) in [6.45, 7) is 4.80. The second-order valence-electron chi connectivity index (χ2n) is 9.05. The van der Waals surface area contributed by atoms with E-state index in [1.165, 1.54) is 23.3 Å². The number of aromatic nitrogens is 1. The van der Waals surface area contributed by atoms with Crippen molar-refractivity contribution < 1.29 is 9.53 Å². The maximum atomic E-state index is 12.1. The number of hydrogen-bond acceptors (Lipinski definition) is 4.